The SMILES string of the molecule is CCCc1nn(-c2cccc(C(=O)O)c2)c2c1CCN2. The molecule has 2 aromatic rings. The number of hydrogen-bond donors (Lipinski definition) is 2. The lowest BCUT2D eigenvalue weighted by molar-refractivity contribution is 0.0697. The van der Waals surface area contributed by atoms with Gasteiger partial charge in [0, 0.05) is 12.1 Å². The van der Waals surface area contributed by atoms with Crippen LogP contribution in [0.25, 0.3) is 5.69 Å². The molecule has 1 aromatic carbocycles. The highest BCUT2D eigenvalue weighted by atomic mass is 16.4. The molecule has 0 unspecified atom stereocenters. The average molecular weight is 271 g/mol. The number of nitrogens with one attached hydrogen (secondary N) is 1. The number of hydrogen-bond acceptors (Lipinski definition) is 3. The van der Waals surface area contributed by atoms with E-state index in [2.05, 4.69) is 17.3 Å². The number of aromatic nitrogens is 2. The smallest absolute Gasteiger partial charge is 0.335 e. The maximum absolute atomic E-state index is 11.1. The Morgan fingerprint density at radius 1 is 1.50 bits per heavy atom. The molecule has 2 heterocycles. The molecule has 5 nitrogen and oxygen atoms in total. The highest BCUT2D eigenvalue weighted by Crippen LogP contribution is 2.29. The van der Waals surface area contributed by atoms with Crippen molar-refractivity contribution in [2.45, 2.75) is 26.2 Å². The zero-order valence-corrected chi connectivity index (χ0v) is 11.4. The molecule has 20 heavy (non-hydrogen) atoms. The summed E-state index contributed by atoms with van der Waals surface area (Å²) in [6.45, 7) is 3.06. The summed E-state index contributed by atoms with van der Waals surface area (Å²) in [6.07, 6.45) is 3.00. The standard InChI is InChI=1S/C15H17N3O2/c1-2-4-13-12-7-8-16-14(12)18(17-13)11-6-3-5-10(9-11)15(19)20/h3,5-6,9,16H,2,4,7-8H2,1H3,(H,19,20). The lowest BCUT2D eigenvalue weighted by Crippen LogP contribution is -2.06. The predicted molar refractivity (Wildman–Crippen MR) is 76.7 cm³/mol. The van der Waals surface area contributed by atoms with Gasteiger partial charge in [-0.25, -0.2) is 9.48 Å². The Kier molecular flexibility index (Phi) is 3.18. The maximum atomic E-state index is 11.1. The van der Waals surface area contributed by atoms with Gasteiger partial charge >= 0.3 is 5.97 Å². The van der Waals surface area contributed by atoms with Crippen LogP contribution in [0.2, 0.25) is 0 Å². The van der Waals surface area contributed by atoms with Gasteiger partial charge in [0.2, 0.25) is 0 Å². The fourth-order valence-electron chi connectivity index (χ4n) is 2.64. The van der Waals surface area contributed by atoms with Gasteiger partial charge < -0.3 is 10.4 Å². The second-order valence-corrected chi connectivity index (χ2v) is 4.97. The van der Waals surface area contributed by atoms with E-state index in [9.17, 15) is 4.79 Å². The summed E-state index contributed by atoms with van der Waals surface area (Å²) in [5.41, 5.74) is 3.46. The summed E-state index contributed by atoms with van der Waals surface area (Å²) in [5, 5.41) is 17.1. The molecule has 0 fully saturated rings. The van der Waals surface area contributed by atoms with Crippen molar-refractivity contribution in [3.05, 3.63) is 41.1 Å². The fraction of sp³-hybridized carbons (Fsp3) is 0.333. The molecule has 1 aromatic heterocycles. The summed E-state index contributed by atoms with van der Waals surface area (Å²) in [4.78, 5) is 11.1. The highest BCUT2D eigenvalue weighted by Gasteiger charge is 2.22. The Labute approximate surface area is 117 Å². The van der Waals surface area contributed by atoms with Gasteiger partial charge in [-0.3, -0.25) is 0 Å². The minimum absolute atomic E-state index is 0.279. The van der Waals surface area contributed by atoms with Crippen LogP contribution in [0.4, 0.5) is 5.82 Å². The number of anilines is 1. The molecule has 0 atom stereocenters. The van der Waals surface area contributed by atoms with Crippen LogP contribution < -0.4 is 5.32 Å². The van der Waals surface area contributed by atoms with Crippen LogP contribution in [-0.4, -0.2) is 27.4 Å². The Morgan fingerprint density at radius 2 is 2.35 bits per heavy atom. The normalized spacial score (nSPS) is 13.1. The third kappa shape index (κ3) is 2.05. The van der Waals surface area contributed by atoms with Gasteiger partial charge in [0.1, 0.15) is 5.82 Å². The molecular formula is C15H17N3O2. The van der Waals surface area contributed by atoms with E-state index in [-0.39, 0.29) is 5.56 Å². The molecule has 0 saturated heterocycles. The van der Waals surface area contributed by atoms with Crippen molar-refractivity contribution in [1.82, 2.24) is 9.78 Å². The first-order chi connectivity index (χ1) is 9.70. The van der Waals surface area contributed by atoms with Gasteiger partial charge in [0.15, 0.2) is 0 Å². The number of carboxylic acid groups (broad SMARTS) is 1. The van der Waals surface area contributed by atoms with Crippen molar-refractivity contribution in [1.29, 1.82) is 0 Å². The third-order valence-electron chi connectivity index (χ3n) is 3.56. The first-order valence-corrected chi connectivity index (χ1v) is 6.89. The van der Waals surface area contributed by atoms with E-state index in [1.807, 2.05) is 10.7 Å². The minimum Gasteiger partial charge on any atom is -0.478 e. The molecule has 0 saturated carbocycles. The third-order valence-corrected chi connectivity index (χ3v) is 3.56. The van der Waals surface area contributed by atoms with E-state index < -0.39 is 5.97 Å². The molecule has 0 bridgehead atoms. The molecule has 104 valence electrons. The van der Waals surface area contributed by atoms with Crippen LogP contribution in [-0.2, 0) is 12.8 Å². The molecule has 5 heteroatoms. The van der Waals surface area contributed by atoms with Crippen molar-refractivity contribution in [3.8, 4) is 5.69 Å². The number of carbonyl (C=O) groups is 1. The average Bonchev–Trinajstić information content (AvgIpc) is 3.03. The zero-order valence-electron chi connectivity index (χ0n) is 11.4. The van der Waals surface area contributed by atoms with Crippen LogP contribution in [0.1, 0.15) is 35.0 Å². The molecule has 0 radical (unpaired) electrons. The lowest BCUT2D eigenvalue weighted by Gasteiger charge is -2.07. The van der Waals surface area contributed by atoms with Crippen LogP contribution in [0.3, 0.4) is 0 Å². The number of aromatic carboxylic acids is 1. The number of carboxylic acids is 1. The molecule has 2 N–H and O–H groups in total. The molecule has 1 aliphatic heterocycles. The van der Waals surface area contributed by atoms with Gasteiger partial charge in [-0.15, -0.1) is 0 Å². The monoisotopic (exact) mass is 271 g/mol. The zero-order chi connectivity index (χ0) is 14.1. The maximum Gasteiger partial charge on any atom is 0.335 e. The molecule has 3 rings (SSSR count). The first kappa shape index (κ1) is 12.7. The van der Waals surface area contributed by atoms with Gasteiger partial charge in [0.05, 0.1) is 16.9 Å². The van der Waals surface area contributed by atoms with Crippen molar-refractivity contribution >= 4 is 11.8 Å². The minimum atomic E-state index is -0.919. The second kappa shape index (κ2) is 5.00. The lowest BCUT2D eigenvalue weighted by atomic mass is 10.1. The van der Waals surface area contributed by atoms with Gasteiger partial charge in [0.25, 0.3) is 0 Å². The number of aryl methyl sites for hydroxylation is 1. The van der Waals surface area contributed by atoms with E-state index in [1.165, 1.54) is 5.56 Å². The fourth-order valence-corrected chi connectivity index (χ4v) is 2.64. The largest absolute Gasteiger partial charge is 0.478 e. The Morgan fingerprint density at radius 3 is 3.10 bits per heavy atom. The van der Waals surface area contributed by atoms with Crippen LogP contribution in [0, 0.1) is 0 Å². The molecule has 0 spiro atoms. The van der Waals surface area contributed by atoms with Gasteiger partial charge in [-0.05, 0) is 31.0 Å². The first-order valence-electron chi connectivity index (χ1n) is 6.89. The van der Waals surface area contributed by atoms with E-state index >= 15 is 0 Å². The summed E-state index contributed by atoms with van der Waals surface area (Å²) in [7, 11) is 0. The van der Waals surface area contributed by atoms with E-state index in [4.69, 9.17) is 5.11 Å². The number of rotatable bonds is 4. The predicted octanol–water partition coefficient (Wildman–Crippen LogP) is 2.49. The Hall–Kier alpha value is -2.30. The molecular weight excluding hydrogens is 254 g/mol. The Bertz CT molecular complexity index is 661. The quantitative estimate of drug-likeness (QED) is 0.896. The van der Waals surface area contributed by atoms with E-state index in [0.717, 1.165) is 43.0 Å². The van der Waals surface area contributed by atoms with Crippen molar-refractivity contribution in [2.24, 2.45) is 0 Å². The summed E-state index contributed by atoms with van der Waals surface area (Å²) < 4.78 is 1.83. The molecule has 0 aliphatic carbocycles. The number of nitrogens with zero attached hydrogens (tertiary/aromatic N) is 2. The number of benzene rings is 1. The van der Waals surface area contributed by atoms with E-state index in [0.29, 0.717) is 0 Å². The second-order valence-electron chi connectivity index (χ2n) is 4.97. The van der Waals surface area contributed by atoms with Crippen LogP contribution >= 0.6 is 0 Å². The van der Waals surface area contributed by atoms with Crippen LogP contribution in [0.15, 0.2) is 24.3 Å². The molecule has 1 aliphatic rings. The van der Waals surface area contributed by atoms with Crippen LogP contribution in [0.5, 0.6) is 0 Å². The summed E-state index contributed by atoms with van der Waals surface area (Å²) in [6, 6.07) is 6.89. The summed E-state index contributed by atoms with van der Waals surface area (Å²) in [5.74, 6) is 0.0911. The topological polar surface area (TPSA) is 67.2 Å². The van der Waals surface area contributed by atoms with Gasteiger partial charge in [-0.2, -0.15) is 5.10 Å². The number of fused-ring (bicyclic) bond motifs is 1. The van der Waals surface area contributed by atoms with Gasteiger partial charge in [-0.1, -0.05) is 19.4 Å². The van der Waals surface area contributed by atoms with Crippen molar-refractivity contribution in [3.63, 3.8) is 0 Å². The van der Waals surface area contributed by atoms with Crippen molar-refractivity contribution < 1.29 is 9.90 Å². The highest BCUT2D eigenvalue weighted by molar-refractivity contribution is 5.88. The van der Waals surface area contributed by atoms with E-state index in [1.54, 1.807) is 18.2 Å². The summed E-state index contributed by atoms with van der Waals surface area (Å²) >= 11 is 0. The molecule has 0 amide bonds. The van der Waals surface area contributed by atoms with Crippen molar-refractivity contribution in [2.75, 3.05) is 11.9 Å². The Balaban J connectivity index is 2.08.